The predicted molar refractivity (Wildman–Crippen MR) is 79.6 cm³/mol. The monoisotopic (exact) mass is 294 g/mol. The molecule has 0 radical (unpaired) electrons. The van der Waals surface area contributed by atoms with Gasteiger partial charge in [0.05, 0.1) is 6.54 Å². The van der Waals surface area contributed by atoms with Crippen LogP contribution in [-0.2, 0) is 17.8 Å². The van der Waals surface area contributed by atoms with Gasteiger partial charge in [0.25, 0.3) is 0 Å². The fourth-order valence-corrected chi connectivity index (χ4v) is 2.84. The molecule has 0 bridgehead atoms. The first kappa shape index (κ1) is 15.9. The van der Waals surface area contributed by atoms with E-state index < -0.39 is 0 Å². The van der Waals surface area contributed by atoms with E-state index in [-0.39, 0.29) is 11.9 Å². The van der Waals surface area contributed by atoms with Crippen LogP contribution in [0.1, 0.15) is 45.3 Å². The van der Waals surface area contributed by atoms with Gasteiger partial charge in [-0.2, -0.15) is 4.98 Å². The van der Waals surface area contributed by atoms with E-state index >= 15 is 0 Å². The smallest absolute Gasteiger partial charge is 0.226 e. The Labute approximate surface area is 126 Å². The number of amides is 1. The van der Waals surface area contributed by atoms with E-state index in [0.29, 0.717) is 24.8 Å². The molecule has 2 heterocycles. The molecule has 0 aromatic carbocycles. The van der Waals surface area contributed by atoms with Crippen molar-refractivity contribution in [2.24, 2.45) is 5.92 Å². The number of hydrogen-bond donors (Lipinski definition) is 0. The molecule has 2 rings (SSSR count). The Bertz CT molecular complexity index is 472. The summed E-state index contributed by atoms with van der Waals surface area (Å²) in [6, 6.07) is 0.287. The molecule has 1 unspecified atom stereocenters. The first-order chi connectivity index (χ1) is 9.99. The Morgan fingerprint density at radius 2 is 2.24 bits per heavy atom. The van der Waals surface area contributed by atoms with Crippen molar-refractivity contribution in [1.29, 1.82) is 0 Å². The number of piperidine rings is 1. The lowest BCUT2D eigenvalue weighted by molar-refractivity contribution is -0.136. The van der Waals surface area contributed by atoms with Crippen LogP contribution in [0.3, 0.4) is 0 Å². The maximum atomic E-state index is 11.9. The Morgan fingerprint density at radius 1 is 1.48 bits per heavy atom. The highest BCUT2D eigenvalue weighted by Gasteiger charge is 2.28. The molecule has 6 heteroatoms. The summed E-state index contributed by atoms with van der Waals surface area (Å²) in [6.45, 7) is 8.65. The molecule has 1 saturated heterocycles. The molecule has 1 aliphatic rings. The molecule has 6 nitrogen and oxygen atoms in total. The van der Waals surface area contributed by atoms with Crippen molar-refractivity contribution in [1.82, 2.24) is 19.9 Å². The van der Waals surface area contributed by atoms with Crippen LogP contribution in [0, 0.1) is 5.92 Å². The van der Waals surface area contributed by atoms with E-state index in [1.54, 1.807) is 0 Å². The second-order valence-electron chi connectivity index (χ2n) is 6.20. The first-order valence-electron chi connectivity index (χ1n) is 7.79. The van der Waals surface area contributed by atoms with Crippen LogP contribution in [-0.4, -0.2) is 52.0 Å². The van der Waals surface area contributed by atoms with E-state index in [1.807, 2.05) is 11.8 Å². The summed E-state index contributed by atoms with van der Waals surface area (Å²) in [5.41, 5.74) is 0. The van der Waals surface area contributed by atoms with Crippen molar-refractivity contribution in [3.63, 3.8) is 0 Å². The average Bonchev–Trinajstić information content (AvgIpc) is 2.88. The van der Waals surface area contributed by atoms with Gasteiger partial charge in [0.1, 0.15) is 0 Å². The molecular weight excluding hydrogens is 268 g/mol. The minimum Gasteiger partial charge on any atom is -0.340 e. The zero-order valence-electron chi connectivity index (χ0n) is 13.5. The molecule has 0 N–H and O–H groups in total. The molecular formula is C15H26N4O2. The summed E-state index contributed by atoms with van der Waals surface area (Å²) in [6.07, 6.45) is 2.41. The summed E-state index contributed by atoms with van der Waals surface area (Å²) in [5, 5.41) is 3.98. The van der Waals surface area contributed by atoms with Gasteiger partial charge in [0.15, 0.2) is 5.82 Å². The number of aryl methyl sites for hydroxylation is 1. The Hall–Kier alpha value is -1.43. The van der Waals surface area contributed by atoms with E-state index in [1.165, 1.54) is 0 Å². The lowest BCUT2D eigenvalue weighted by Crippen LogP contribution is -2.46. The van der Waals surface area contributed by atoms with Crippen LogP contribution in [0.2, 0.25) is 0 Å². The third kappa shape index (κ3) is 4.27. The topological polar surface area (TPSA) is 62.5 Å². The summed E-state index contributed by atoms with van der Waals surface area (Å²) in [4.78, 5) is 20.4. The zero-order valence-corrected chi connectivity index (χ0v) is 13.5. The molecule has 1 aromatic heterocycles. The van der Waals surface area contributed by atoms with Gasteiger partial charge in [0.2, 0.25) is 11.8 Å². The van der Waals surface area contributed by atoms with Crippen LogP contribution < -0.4 is 0 Å². The second-order valence-corrected chi connectivity index (χ2v) is 6.20. The van der Waals surface area contributed by atoms with Crippen molar-refractivity contribution < 1.29 is 9.32 Å². The van der Waals surface area contributed by atoms with E-state index in [2.05, 4.69) is 35.9 Å². The fourth-order valence-electron chi connectivity index (χ4n) is 2.84. The van der Waals surface area contributed by atoms with Crippen LogP contribution >= 0.6 is 0 Å². The highest BCUT2D eigenvalue weighted by atomic mass is 16.5. The normalized spacial score (nSPS) is 19.8. The van der Waals surface area contributed by atoms with Crippen LogP contribution in [0.4, 0.5) is 0 Å². The minimum atomic E-state index is 0.287. The molecule has 1 aliphatic heterocycles. The standard InChI is InChI=1S/C15H26N4O2/c1-5-14-16-13(17-21-14)10-18(4)8-12-6-7-15(20)19(9-12)11(2)3/h11-12H,5-10H2,1-4H3. The molecule has 1 amide bonds. The quantitative estimate of drug-likeness (QED) is 0.799. The first-order valence-corrected chi connectivity index (χ1v) is 7.79. The van der Waals surface area contributed by atoms with E-state index in [9.17, 15) is 4.79 Å². The number of rotatable bonds is 6. The Morgan fingerprint density at radius 3 is 2.86 bits per heavy atom. The van der Waals surface area contributed by atoms with Crippen LogP contribution in [0.25, 0.3) is 0 Å². The molecule has 1 aromatic rings. The molecule has 118 valence electrons. The summed E-state index contributed by atoms with van der Waals surface area (Å²) < 4.78 is 5.13. The third-order valence-corrected chi connectivity index (χ3v) is 3.96. The average molecular weight is 294 g/mol. The largest absolute Gasteiger partial charge is 0.340 e. The van der Waals surface area contributed by atoms with E-state index in [0.717, 1.165) is 31.8 Å². The highest BCUT2D eigenvalue weighted by molar-refractivity contribution is 5.77. The number of hydrogen-bond acceptors (Lipinski definition) is 5. The summed E-state index contributed by atoms with van der Waals surface area (Å²) in [5.74, 6) is 2.23. The number of likely N-dealkylation sites (tertiary alicyclic amines) is 1. The maximum absolute atomic E-state index is 11.9. The van der Waals surface area contributed by atoms with E-state index in [4.69, 9.17) is 4.52 Å². The number of aromatic nitrogens is 2. The van der Waals surface area contributed by atoms with Crippen molar-refractivity contribution in [2.45, 2.75) is 52.6 Å². The number of carbonyl (C=O) groups is 1. The summed E-state index contributed by atoms with van der Waals surface area (Å²) in [7, 11) is 2.07. The minimum absolute atomic E-state index is 0.287. The van der Waals surface area contributed by atoms with Gasteiger partial charge in [-0.3, -0.25) is 9.69 Å². The van der Waals surface area contributed by atoms with Gasteiger partial charge in [0, 0.05) is 32.0 Å². The third-order valence-electron chi connectivity index (χ3n) is 3.96. The molecule has 1 fully saturated rings. The molecule has 0 aliphatic carbocycles. The van der Waals surface area contributed by atoms with Gasteiger partial charge in [-0.15, -0.1) is 0 Å². The number of nitrogens with zero attached hydrogens (tertiary/aromatic N) is 4. The van der Waals surface area contributed by atoms with Gasteiger partial charge in [-0.1, -0.05) is 12.1 Å². The zero-order chi connectivity index (χ0) is 15.4. The highest BCUT2D eigenvalue weighted by Crippen LogP contribution is 2.20. The maximum Gasteiger partial charge on any atom is 0.226 e. The van der Waals surface area contributed by atoms with Crippen LogP contribution in [0.5, 0.6) is 0 Å². The second kappa shape index (κ2) is 7.02. The molecule has 1 atom stereocenters. The fraction of sp³-hybridized carbons (Fsp3) is 0.800. The Kier molecular flexibility index (Phi) is 5.33. The van der Waals surface area contributed by atoms with Gasteiger partial charge in [-0.25, -0.2) is 0 Å². The molecule has 0 spiro atoms. The molecule has 0 saturated carbocycles. The lowest BCUT2D eigenvalue weighted by Gasteiger charge is -2.36. The SMILES string of the molecule is CCc1nc(CN(C)CC2CCC(=O)N(C(C)C)C2)no1. The molecule has 21 heavy (non-hydrogen) atoms. The lowest BCUT2D eigenvalue weighted by atomic mass is 9.96. The number of carbonyl (C=O) groups excluding carboxylic acids is 1. The van der Waals surface area contributed by atoms with Crippen LogP contribution in [0.15, 0.2) is 4.52 Å². The van der Waals surface area contributed by atoms with Gasteiger partial charge < -0.3 is 9.42 Å². The van der Waals surface area contributed by atoms with Crippen molar-refractivity contribution in [3.05, 3.63) is 11.7 Å². The van der Waals surface area contributed by atoms with Crippen molar-refractivity contribution >= 4 is 5.91 Å². The van der Waals surface area contributed by atoms with Crippen molar-refractivity contribution in [2.75, 3.05) is 20.1 Å². The Balaban J connectivity index is 1.84. The summed E-state index contributed by atoms with van der Waals surface area (Å²) >= 11 is 0. The van der Waals surface area contributed by atoms with Gasteiger partial charge in [-0.05, 0) is 33.2 Å². The predicted octanol–water partition coefficient (Wildman–Crippen LogP) is 1.71. The van der Waals surface area contributed by atoms with Gasteiger partial charge >= 0.3 is 0 Å². The van der Waals surface area contributed by atoms with Crippen molar-refractivity contribution in [3.8, 4) is 0 Å².